The van der Waals surface area contributed by atoms with Crippen LogP contribution in [-0.2, 0) is 9.59 Å². The molecule has 2 N–H and O–H groups in total. The van der Waals surface area contributed by atoms with Crippen LogP contribution in [0.5, 0.6) is 0 Å². The summed E-state index contributed by atoms with van der Waals surface area (Å²) in [5.74, 6) is -3.28. The number of benzene rings is 2. The maximum Gasteiger partial charge on any atom is 0.260 e. The number of amides is 2. The van der Waals surface area contributed by atoms with Gasteiger partial charge in [0.2, 0.25) is 5.91 Å². The quantitative estimate of drug-likeness (QED) is 0.666. The lowest BCUT2D eigenvalue weighted by Crippen LogP contribution is -2.52. The molecule has 3 unspecified atom stereocenters. The third-order valence-corrected chi connectivity index (χ3v) is 5.60. The Hall–Kier alpha value is -2.77. The van der Waals surface area contributed by atoms with Crippen molar-refractivity contribution >= 4 is 34.8 Å². The zero-order chi connectivity index (χ0) is 22.7. The smallest absolute Gasteiger partial charge is 0.260 e. The molecule has 2 aromatic rings. The van der Waals surface area contributed by atoms with E-state index in [2.05, 4.69) is 10.4 Å². The summed E-state index contributed by atoms with van der Waals surface area (Å²) in [6.45, 7) is 5.45. The molecule has 0 aromatic heterocycles. The van der Waals surface area contributed by atoms with Crippen molar-refractivity contribution in [3.05, 3.63) is 64.9 Å². The van der Waals surface area contributed by atoms with Crippen LogP contribution in [0.3, 0.4) is 0 Å². The van der Waals surface area contributed by atoms with Crippen LogP contribution in [0.25, 0.3) is 0 Å². The van der Waals surface area contributed by atoms with Crippen LogP contribution in [0.2, 0.25) is 5.02 Å². The highest BCUT2D eigenvalue weighted by atomic mass is 35.5. The third-order valence-electron chi connectivity index (χ3n) is 5.34. The van der Waals surface area contributed by atoms with Crippen molar-refractivity contribution in [1.82, 2.24) is 5.32 Å². The Bertz CT molecular complexity index is 994. The second kappa shape index (κ2) is 9.58. The molecule has 0 radical (unpaired) electrons. The lowest BCUT2D eigenvalue weighted by Gasteiger charge is -2.33. The summed E-state index contributed by atoms with van der Waals surface area (Å²) in [5, 5.41) is 18.8. The number of aliphatic hydroxyl groups is 1. The number of halogens is 2. The Balaban J connectivity index is 2.00. The van der Waals surface area contributed by atoms with Crippen LogP contribution in [0.4, 0.5) is 10.1 Å². The molecule has 0 spiro atoms. The van der Waals surface area contributed by atoms with Crippen LogP contribution < -0.4 is 10.3 Å². The maximum atomic E-state index is 13.8. The molecular formula is C23H25ClFN3O3. The average molecular weight is 446 g/mol. The van der Waals surface area contributed by atoms with E-state index in [9.17, 15) is 19.1 Å². The van der Waals surface area contributed by atoms with Crippen molar-refractivity contribution in [1.29, 1.82) is 0 Å². The SMILES string of the molecule is CC(C)C(O)CNC(=O)C1C(=O)N(c2cccc(F)c2)N=C(c2ccc(Cl)cc2)C1C. The molecule has 8 heteroatoms. The van der Waals surface area contributed by atoms with Crippen LogP contribution in [-0.4, -0.2) is 35.3 Å². The molecule has 6 nitrogen and oxygen atoms in total. The van der Waals surface area contributed by atoms with E-state index in [1.54, 1.807) is 37.3 Å². The number of aliphatic hydroxyl groups excluding tert-OH is 1. The van der Waals surface area contributed by atoms with Gasteiger partial charge in [-0.05, 0) is 41.8 Å². The Kier molecular flexibility index (Phi) is 7.08. The Morgan fingerprint density at radius 2 is 1.94 bits per heavy atom. The average Bonchev–Trinajstić information content (AvgIpc) is 2.73. The van der Waals surface area contributed by atoms with Crippen molar-refractivity contribution in [3.8, 4) is 0 Å². The number of carbonyl (C=O) groups excluding carboxylic acids is 2. The summed E-state index contributed by atoms with van der Waals surface area (Å²) in [7, 11) is 0. The van der Waals surface area contributed by atoms with Crippen molar-refractivity contribution in [3.63, 3.8) is 0 Å². The molecule has 0 saturated heterocycles. The minimum Gasteiger partial charge on any atom is -0.391 e. The molecule has 3 atom stereocenters. The maximum absolute atomic E-state index is 13.8. The number of carbonyl (C=O) groups is 2. The molecule has 0 aliphatic carbocycles. The van der Waals surface area contributed by atoms with E-state index >= 15 is 0 Å². The molecule has 31 heavy (non-hydrogen) atoms. The number of hydrazone groups is 1. The van der Waals surface area contributed by atoms with Gasteiger partial charge in [-0.15, -0.1) is 0 Å². The van der Waals surface area contributed by atoms with Crippen molar-refractivity contribution in [2.45, 2.75) is 26.9 Å². The van der Waals surface area contributed by atoms with Gasteiger partial charge in [0.05, 0.1) is 17.5 Å². The van der Waals surface area contributed by atoms with Gasteiger partial charge in [-0.25, -0.2) is 4.39 Å². The third kappa shape index (κ3) is 5.11. The summed E-state index contributed by atoms with van der Waals surface area (Å²) in [6.07, 6.45) is -0.735. The van der Waals surface area contributed by atoms with E-state index in [0.717, 1.165) is 5.01 Å². The molecule has 0 fully saturated rings. The summed E-state index contributed by atoms with van der Waals surface area (Å²) >= 11 is 5.99. The summed E-state index contributed by atoms with van der Waals surface area (Å²) in [6, 6.07) is 12.4. The Labute approximate surface area is 185 Å². The van der Waals surface area contributed by atoms with E-state index in [0.29, 0.717) is 16.3 Å². The van der Waals surface area contributed by atoms with Crippen molar-refractivity contribution in [2.75, 3.05) is 11.6 Å². The van der Waals surface area contributed by atoms with Crippen LogP contribution in [0, 0.1) is 23.6 Å². The molecule has 1 heterocycles. The summed E-state index contributed by atoms with van der Waals surface area (Å²) < 4.78 is 13.8. The molecule has 0 saturated carbocycles. The highest BCUT2D eigenvalue weighted by Crippen LogP contribution is 2.30. The first-order chi connectivity index (χ1) is 14.7. The second-order valence-corrected chi connectivity index (χ2v) is 8.38. The van der Waals surface area contributed by atoms with E-state index in [1.165, 1.54) is 18.2 Å². The van der Waals surface area contributed by atoms with Crippen molar-refractivity contribution in [2.24, 2.45) is 22.9 Å². The minimum absolute atomic E-state index is 0.0282. The van der Waals surface area contributed by atoms with E-state index in [4.69, 9.17) is 11.6 Å². The van der Waals surface area contributed by atoms with Gasteiger partial charge in [-0.2, -0.15) is 10.1 Å². The van der Waals surface area contributed by atoms with Crippen LogP contribution in [0.15, 0.2) is 53.6 Å². The van der Waals surface area contributed by atoms with E-state index in [1.807, 2.05) is 13.8 Å². The Morgan fingerprint density at radius 3 is 2.55 bits per heavy atom. The first-order valence-corrected chi connectivity index (χ1v) is 10.5. The fraction of sp³-hybridized carbons (Fsp3) is 0.348. The molecule has 164 valence electrons. The second-order valence-electron chi connectivity index (χ2n) is 7.94. The van der Waals surface area contributed by atoms with Crippen LogP contribution >= 0.6 is 11.6 Å². The molecule has 2 amide bonds. The number of anilines is 1. The van der Waals surface area contributed by atoms with Gasteiger partial charge in [0, 0.05) is 17.5 Å². The number of rotatable bonds is 6. The van der Waals surface area contributed by atoms with E-state index in [-0.39, 0.29) is 18.2 Å². The Morgan fingerprint density at radius 1 is 1.26 bits per heavy atom. The predicted octanol–water partition coefficient (Wildman–Crippen LogP) is 3.62. The van der Waals surface area contributed by atoms with Gasteiger partial charge in [0.25, 0.3) is 5.91 Å². The first kappa shape index (κ1) is 22.9. The lowest BCUT2D eigenvalue weighted by atomic mass is 9.83. The van der Waals surface area contributed by atoms with Gasteiger partial charge < -0.3 is 10.4 Å². The molecule has 0 bridgehead atoms. The van der Waals surface area contributed by atoms with Gasteiger partial charge in [-0.3, -0.25) is 9.59 Å². The molecule has 2 aromatic carbocycles. The largest absolute Gasteiger partial charge is 0.391 e. The number of nitrogens with zero attached hydrogens (tertiary/aromatic N) is 2. The normalized spacial score (nSPS) is 19.9. The minimum atomic E-state index is -1.09. The fourth-order valence-corrected chi connectivity index (χ4v) is 3.50. The standard InChI is InChI=1S/C23H25ClFN3O3/c1-13(2)19(29)12-26-22(30)20-14(3)21(15-7-9-16(24)10-8-15)27-28(23(20)31)18-6-4-5-17(25)11-18/h4-11,13-14,19-20,29H,12H2,1-3H3,(H,26,30). The number of hydrogen-bond acceptors (Lipinski definition) is 4. The first-order valence-electron chi connectivity index (χ1n) is 10.1. The highest BCUT2D eigenvalue weighted by molar-refractivity contribution is 6.30. The van der Waals surface area contributed by atoms with E-state index < -0.39 is 35.6 Å². The molecule has 3 rings (SSSR count). The number of nitrogens with one attached hydrogen (secondary N) is 1. The van der Waals surface area contributed by atoms with Crippen LogP contribution in [0.1, 0.15) is 26.3 Å². The predicted molar refractivity (Wildman–Crippen MR) is 118 cm³/mol. The highest BCUT2D eigenvalue weighted by Gasteiger charge is 2.42. The summed E-state index contributed by atoms with van der Waals surface area (Å²) in [5.41, 5.74) is 1.43. The zero-order valence-corrected chi connectivity index (χ0v) is 18.3. The monoisotopic (exact) mass is 445 g/mol. The lowest BCUT2D eigenvalue weighted by molar-refractivity contribution is -0.135. The molecule has 1 aliphatic heterocycles. The van der Waals surface area contributed by atoms with Crippen molar-refractivity contribution < 1.29 is 19.1 Å². The van der Waals surface area contributed by atoms with Gasteiger partial charge in [0.15, 0.2) is 0 Å². The van der Waals surface area contributed by atoms with Gasteiger partial charge in [0.1, 0.15) is 11.7 Å². The zero-order valence-electron chi connectivity index (χ0n) is 17.5. The number of hydrogen-bond donors (Lipinski definition) is 2. The van der Waals surface area contributed by atoms with Gasteiger partial charge >= 0.3 is 0 Å². The van der Waals surface area contributed by atoms with Gasteiger partial charge in [-0.1, -0.05) is 50.6 Å². The molecule has 1 aliphatic rings. The fourth-order valence-electron chi connectivity index (χ4n) is 3.38. The topological polar surface area (TPSA) is 82.0 Å². The molecular weight excluding hydrogens is 421 g/mol. The summed E-state index contributed by atoms with van der Waals surface area (Å²) in [4.78, 5) is 26.3.